The minimum atomic E-state index is 0.654. The normalized spacial score (nSPS) is 12.3. The Morgan fingerprint density at radius 3 is 1.17 bits per heavy atom. The lowest BCUT2D eigenvalue weighted by molar-refractivity contribution is 0.669. The van der Waals surface area contributed by atoms with Gasteiger partial charge in [-0.2, -0.15) is 5.26 Å². The van der Waals surface area contributed by atoms with E-state index in [1.165, 1.54) is 81.2 Å². The minimum absolute atomic E-state index is 0.654. The lowest BCUT2D eigenvalue weighted by Crippen LogP contribution is -1.84. The van der Waals surface area contributed by atoms with Crippen molar-refractivity contribution in [1.29, 1.82) is 5.26 Å². The van der Waals surface area contributed by atoms with E-state index in [9.17, 15) is 5.26 Å². The van der Waals surface area contributed by atoms with Gasteiger partial charge >= 0.3 is 0 Å². The van der Waals surface area contributed by atoms with Gasteiger partial charge in [0.2, 0.25) is 0 Å². The molecule has 0 unspecified atom stereocenters. The summed E-state index contributed by atoms with van der Waals surface area (Å²) >= 11 is 0. The second-order valence-corrected chi connectivity index (χ2v) is 18.8. The number of fused-ring (bicyclic) bond motifs is 16. The first kappa shape index (κ1) is 36.7. The summed E-state index contributed by atoms with van der Waals surface area (Å²) in [4.78, 5) is 0. The fourth-order valence-electron chi connectivity index (χ4n) is 11.6. The summed E-state index contributed by atoms with van der Waals surface area (Å²) in [6.07, 6.45) is 0. The van der Waals surface area contributed by atoms with E-state index in [2.05, 4.69) is 205 Å². The van der Waals surface area contributed by atoms with Crippen LogP contribution in [0.15, 0.2) is 215 Å². The van der Waals surface area contributed by atoms with Gasteiger partial charge in [-0.05, 0) is 186 Å². The van der Waals surface area contributed by atoms with Crippen molar-refractivity contribution in [1.82, 2.24) is 4.40 Å². The Balaban J connectivity index is 0.895. The third kappa shape index (κ3) is 5.27. The van der Waals surface area contributed by atoms with Gasteiger partial charge in [-0.3, -0.25) is 0 Å². The van der Waals surface area contributed by atoms with Crippen LogP contribution in [0, 0.1) is 11.3 Å². The van der Waals surface area contributed by atoms with E-state index in [0.29, 0.717) is 5.56 Å². The van der Waals surface area contributed by atoms with Gasteiger partial charge in [-0.15, -0.1) is 0 Å². The van der Waals surface area contributed by atoms with Gasteiger partial charge in [0.15, 0.2) is 0 Å². The van der Waals surface area contributed by atoms with Crippen LogP contribution in [0.5, 0.6) is 0 Å². The molecule has 16 rings (SSSR count). The number of nitrogens with zero attached hydrogens (tertiary/aromatic N) is 2. The van der Waals surface area contributed by atoms with Crippen molar-refractivity contribution >= 4 is 125 Å². The highest BCUT2D eigenvalue weighted by Gasteiger charge is 2.21. The van der Waals surface area contributed by atoms with E-state index in [0.717, 1.165) is 77.3 Å². The second-order valence-electron chi connectivity index (χ2n) is 18.8. The lowest BCUT2D eigenvalue weighted by atomic mass is 9.95. The van der Waals surface area contributed by atoms with Crippen LogP contribution in [0.2, 0.25) is 0 Å². The van der Waals surface area contributed by atoms with E-state index >= 15 is 0 Å². The number of hydrogen-bond donors (Lipinski definition) is 0. The summed E-state index contributed by atoms with van der Waals surface area (Å²) in [7, 11) is 0. The van der Waals surface area contributed by atoms with Gasteiger partial charge in [-0.1, -0.05) is 97.1 Å². The van der Waals surface area contributed by atoms with Crippen LogP contribution < -0.4 is 0 Å². The highest BCUT2D eigenvalue weighted by Crippen LogP contribution is 2.45. The number of rotatable bonds is 3. The van der Waals surface area contributed by atoms with E-state index in [4.69, 9.17) is 8.83 Å². The average Bonchev–Trinajstić information content (AvgIpc) is 4.13. The van der Waals surface area contributed by atoms with Crippen molar-refractivity contribution in [2.75, 3.05) is 0 Å². The zero-order valence-corrected chi connectivity index (χ0v) is 36.8. The van der Waals surface area contributed by atoms with Gasteiger partial charge < -0.3 is 13.2 Å². The highest BCUT2D eigenvalue weighted by molar-refractivity contribution is 6.27. The fourth-order valence-corrected chi connectivity index (χ4v) is 11.6. The lowest BCUT2D eigenvalue weighted by Gasteiger charge is -2.08. The first-order valence-corrected chi connectivity index (χ1v) is 23.4. The van der Waals surface area contributed by atoms with Crippen molar-refractivity contribution in [2.24, 2.45) is 0 Å². The summed E-state index contributed by atoms with van der Waals surface area (Å²) in [6, 6.07) is 77.1. The molecular weight excluding hydrogens is 841 g/mol. The SMILES string of the molecule is N#Cc1ccc(-c2cc3c4cc5ccc(-c6ccc7oc8cc9ccccc9cc8c7c6)cc5cc4n4c5cc6cc(-c7ccc8oc9cc%10ccccc%10cc9c8c7)ccc6cc5c(c2)c34)cc1. The Kier molecular flexibility index (Phi) is 7.11. The predicted octanol–water partition coefficient (Wildman–Crippen LogP) is 18.1. The Labute approximate surface area is 393 Å². The molecule has 0 fully saturated rings. The molecule has 0 aliphatic heterocycles. The first-order valence-electron chi connectivity index (χ1n) is 23.4. The average molecular weight is 875 g/mol. The number of hydrogen-bond acceptors (Lipinski definition) is 3. The number of furan rings is 2. The number of aromatic nitrogens is 1. The monoisotopic (exact) mass is 874 g/mol. The Morgan fingerprint density at radius 2 is 0.681 bits per heavy atom. The van der Waals surface area contributed by atoms with E-state index in [1.807, 2.05) is 12.1 Å². The smallest absolute Gasteiger partial charge is 0.136 e. The quantitative estimate of drug-likeness (QED) is 0.178. The van der Waals surface area contributed by atoms with Gasteiger partial charge in [0, 0.05) is 43.1 Å². The molecule has 69 heavy (non-hydrogen) atoms. The maximum absolute atomic E-state index is 9.61. The van der Waals surface area contributed by atoms with E-state index in [1.54, 1.807) is 0 Å². The summed E-state index contributed by atoms with van der Waals surface area (Å²) in [5.74, 6) is 0. The van der Waals surface area contributed by atoms with Crippen molar-refractivity contribution in [2.45, 2.75) is 0 Å². The minimum Gasteiger partial charge on any atom is -0.456 e. The third-order valence-electron chi connectivity index (χ3n) is 15.0. The van der Waals surface area contributed by atoms with Crippen molar-refractivity contribution < 1.29 is 8.83 Å². The maximum Gasteiger partial charge on any atom is 0.136 e. The van der Waals surface area contributed by atoms with Crippen LogP contribution in [0.25, 0.3) is 158 Å². The zero-order chi connectivity index (χ0) is 45.1. The van der Waals surface area contributed by atoms with Crippen molar-refractivity contribution in [3.8, 4) is 39.4 Å². The summed E-state index contributed by atoms with van der Waals surface area (Å²) in [6.45, 7) is 0. The van der Waals surface area contributed by atoms with Gasteiger partial charge in [-0.25, -0.2) is 0 Å². The molecule has 0 spiro atoms. The molecule has 0 atom stereocenters. The third-order valence-corrected chi connectivity index (χ3v) is 15.0. The molecule has 0 radical (unpaired) electrons. The molecule has 4 heteroatoms. The summed E-state index contributed by atoms with van der Waals surface area (Å²) in [5, 5.41) is 28.5. The topological polar surface area (TPSA) is 54.5 Å². The van der Waals surface area contributed by atoms with Crippen molar-refractivity contribution in [3.63, 3.8) is 0 Å². The van der Waals surface area contributed by atoms with Crippen LogP contribution in [0.4, 0.5) is 0 Å². The van der Waals surface area contributed by atoms with Crippen LogP contribution >= 0.6 is 0 Å². The molecule has 0 amide bonds. The Morgan fingerprint density at radius 1 is 0.290 bits per heavy atom. The molecular formula is C65H34N2O2. The van der Waals surface area contributed by atoms with Crippen LogP contribution in [-0.4, -0.2) is 4.40 Å². The molecule has 0 saturated carbocycles. The number of benzene rings is 12. The molecule has 4 heterocycles. The summed E-state index contributed by atoms with van der Waals surface area (Å²) < 4.78 is 15.3. The molecule has 12 aromatic carbocycles. The van der Waals surface area contributed by atoms with Gasteiger partial charge in [0.25, 0.3) is 0 Å². The molecule has 0 bridgehead atoms. The molecule has 4 aromatic heterocycles. The number of nitriles is 1. The fraction of sp³-hybridized carbons (Fsp3) is 0. The maximum atomic E-state index is 9.61. The summed E-state index contributed by atoms with van der Waals surface area (Å²) in [5.41, 5.74) is 14.7. The molecule has 0 saturated heterocycles. The molecule has 316 valence electrons. The molecule has 0 aliphatic rings. The van der Waals surface area contributed by atoms with Crippen molar-refractivity contribution in [3.05, 3.63) is 212 Å². The Bertz CT molecular complexity index is 4680. The molecule has 16 aromatic rings. The van der Waals surface area contributed by atoms with Crippen LogP contribution in [0.1, 0.15) is 5.56 Å². The predicted molar refractivity (Wildman–Crippen MR) is 287 cm³/mol. The zero-order valence-electron chi connectivity index (χ0n) is 36.8. The van der Waals surface area contributed by atoms with Gasteiger partial charge in [0.05, 0.1) is 28.2 Å². The molecule has 0 aliphatic carbocycles. The van der Waals surface area contributed by atoms with Crippen LogP contribution in [-0.2, 0) is 0 Å². The first-order chi connectivity index (χ1) is 34.0. The molecule has 4 nitrogen and oxygen atoms in total. The van der Waals surface area contributed by atoms with E-state index < -0.39 is 0 Å². The second kappa shape index (κ2) is 13.4. The van der Waals surface area contributed by atoms with Crippen LogP contribution in [0.3, 0.4) is 0 Å². The van der Waals surface area contributed by atoms with E-state index in [-0.39, 0.29) is 0 Å². The molecule has 0 N–H and O–H groups in total. The Hall–Kier alpha value is -9.43. The highest BCUT2D eigenvalue weighted by atomic mass is 16.3. The van der Waals surface area contributed by atoms with Gasteiger partial charge in [0.1, 0.15) is 22.3 Å². The largest absolute Gasteiger partial charge is 0.456 e. The standard InChI is InChI=1S/C65H34N2O2/c66-35-36-9-11-37(12-10-36)50-29-57-51-23-46-15-13-42(44-17-19-61-53(27-44)55-25-38-5-1-3-7-40(38)33-63(55)68-61)21-48(46)31-59(51)67-60-32-49-22-43(14-16-47(49)24-52(60)58(30-50)65(57)67)45-18-20-62-54(28-45)56-26-39-6-2-4-8-41(39)34-64(56)69-62/h1-34H.